The molecule has 2 unspecified atom stereocenters. The minimum absolute atomic E-state index is 0.0376. The Morgan fingerprint density at radius 3 is 1.13 bits per heavy atom. The van der Waals surface area contributed by atoms with Crippen LogP contribution in [0.4, 0.5) is 0 Å². The molecule has 0 amide bonds. The molecule has 0 saturated carbocycles. The van der Waals surface area contributed by atoms with E-state index in [1.807, 2.05) is 0 Å². The number of rotatable bonds is 47. The first-order chi connectivity index (χ1) is 33.8. The van der Waals surface area contributed by atoms with Crippen molar-refractivity contribution < 1.29 is 37.6 Å². The Kier molecular flexibility index (Phi) is 50.1. The molecule has 388 valence electrons. The summed E-state index contributed by atoms with van der Waals surface area (Å²) >= 11 is 0. The second kappa shape index (κ2) is 53.2. The predicted octanol–water partition coefficient (Wildman–Crippen LogP) is 16.4. The van der Waals surface area contributed by atoms with Crippen molar-refractivity contribution in [2.24, 2.45) is 5.73 Å². The Labute approximate surface area is 420 Å². The quantitative estimate of drug-likeness (QED) is 0.0264. The number of carbonyl (C=O) groups is 2. The smallest absolute Gasteiger partial charge is 0.462 e. The maximum Gasteiger partial charge on any atom is 0.472 e. The van der Waals surface area contributed by atoms with E-state index in [4.69, 9.17) is 24.3 Å². The number of hydrogen-bond donors (Lipinski definition) is 2. The van der Waals surface area contributed by atoms with Gasteiger partial charge >= 0.3 is 19.8 Å². The van der Waals surface area contributed by atoms with Crippen LogP contribution in [0.2, 0.25) is 0 Å². The van der Waals surface area contributed by atoms with Crippen LogP contribution < -0.4 is 5.73 Å². The third kappa shape index (κ3) is 53.1. The monoisotopic (exact) mass is 976 g/mol. The van der Waals surface area contributed by atoms with Gasteiger partial charge in [0.1, 0.15) is 6.61 Å². The minimum atomic E-state index is -4.41. The average Bonchev–Trinajstić information content (AvgIpc) is 3.34. The molecule has 0 radical (unpaired) electrons. The molecule has 0 aliphatic carbocycles. The van der Waals surface area contributed by atoms with E-state index in [-0.39, 0.29) is 32.6 Å². The van der Waals surface area contributed by atoms with Crippen molar-refractivity contribution in [1.82, 2.24) is 0 Å². The molecule has 0 rings (SSSR count). The molecule has 2 atom stereocenters. The van der Waals surface area contributed by atoms with Gasteiger partial charge in [-0.25, -0.2) is 4.57 Å². The summed E-state index contributed by atoms with van der Waals surface area (Å²) in [6.45, 7) is 3.43. The van der Waals surface area contributed by atoms with E-state index >= 15 is 0 Å². The first kappa shape index (κ1) is 64.9. The van der Waals surface area contributed by atoms with Crippen molar-refractivity contribution in [3.8, 4) is 0 Å². The van der Waals surface area contributed by atoms with Crippen LogP contribution in [0.25, 0.3) is 0 Å². The van der Waals surface area contributed by atoms with Gasteiger partial charge in [-0.15, -0.1) is 0 Å². The Hall–Kier alpha value is -4.11. The van der Waals surface area contributed by atoms with Crippen LogP contribution >= 0.6 is 7.82 Å². The molecule has 0 heterocycles. The van der Waals surface area contributed by atoms with E-state index in [2.05, 4.69) is 160 Å². The van der Waals surface area contributed by atoms with Crippen molar-refractivity contribution in [3.05, 3.63) is 146 Å². The second-order valence-electron chi connectivity index (χ2n) is 16.6. The Bertz CT molecular complexity index is 1630. The van der Waals surface area contributed by atoms with Crippen LogP contribution in [0, 0.1) is 0 Å². The van der Waals surface area contributed by atoms with E-state index < -0.39 is 32.5 Å². The lowest BCUT2D eigenvalue weighted by Crippen LogP contribution is -2.29. The highest BCUT2D eigenvalue weighted by Gasteiger charge is 2.26. The number of nitrogens with two attached hydrogens (primary N) is 1. The summed E-state index contributed by atoms with van der Waals surface area (Å²) in [5.74, 6) is -0.893. The zero-order chi connectivity index (χ0) is 50.2. The van der Waals surface area contributed by atoms with Gasteiger partial charge in [0.05, 0.1) is 13.2 Å². The zero-order valence-electron chi connectivity index (χ0n) is 43.0. The maximum absolute atomic E-state index is 12.7. The van der Waals surface area contributed by atoms with Crippen molar-refractivity contribution >= 4 is 19.8 Å². The summed E-state index contributed by atoms with van der Waals surface area (Å²) < 4.78 is 32.9. The normalized spacial score (nSPS) is 14.3. The fourth-order valence-electron chi connectivity index (χ4n) is 6.40. The fraction of sp³-hybridized carbons (Fsp3) is 0.559. The Morgan fingerprint density at radius 2 is 0.754 bits per heavy atom. The zero-order valence-corrected chi connectivity index (χ0v) is 43.9. The lowest BCUT2D eigenvalue weighted by atomic mass is 10.1. The molecule has 0 fully saturated rings. The Morgan fingerprint density at radius 1 is 0.435 bits per heavy atom. The van der Waals surface area contributed by atoms with Crippen LogP contribution in [0.5, 0.6) is 0 Å². The standard InChI is InChI=1S/C59H94NO8P/c1-3-5-7-9-11-13-15-17-19-21-23-24-25-26-27-28-29-30-31-32-34-36-38-40-42-44-46-48-50-52-59(62)68-57(56-67-69(63,64)66-54-53-60)55-65-58(61)51-49-47-45-43-41-39-37-35-33-22-20-18-16-14-12-10-8-6-4-2/h5-8,11-14,17-20,23-24,26-27,29-30,32-35,39,41,57H,3-4,9-10,15-16,21-22,25,28,31,36-38,40,42-56,60H2,1-2H3,(H,63,64)/b7-5-,8-6-,13-11-,14-12-,19-17-,20-18-,24-23-,27-26-,30-29-,34-32-,35-33-,41-39-. The molecule has 9 nitrogen and oxygen atoms in total. The molecule has 69 heavy (non-hydrogen) atoms. The first-order valence-electron chi connectivity index (χ1n) is 26.3. The molecule has 0 saturated heterocycles. The van der Waals surface area contributed by atoms with Gasteiger partial charge in [-0.3, -0.25) is 18.6 Å². The lowest BCUT2D eigenvalue weighted by molar-refractivity contribution is -0.161. The predicted molar refractivity (Wildman–Crippen MR) is 293 cm³/mol. The number of phosphoric ester groups is 1. The van der Waals surface area contributed by atoms with Gasteiger partial charge in [0.2, 0.25) is 0 Å². The number of unbranched alkanes of at least 4 members (excludes halogenated alkanes) is 10. The minimum Gasteiger partial charge on any atom is -0.462 e. The largest absolute Gasteiger partial charge is 0.472 e. The number of ether oxygens (including phenoxy) is 2. The fourth-order valence-corrected chi connectivity index (χ4v) is 7.17. The highest BCUT2D eigenvalue weighted by atomic mass is 31.2. The molecule has 0 aromatic carbocycles. The molecule has 0 aromatic heterocycles. The molecule has 10 heteroatoms. The third-order valence-corrected chi connectivity index (χ3v) is 11.2. The number of hydrogen-bond acceptors (Lipinski definition) is 8. The van der Waals surface area contributed by atoms with Gasteiger partial charge in [0.15, 0.2) is 6.10 Å². The van der Waals surface area contributed by atoms with Crippen molar-refractivity contribution in [2.45, 2.75) is 187 Å². The van der Waals surface area contributed by atoms with Crippen molar-refractivity contribution in [2.75, 3.05) is 26.4 Å². The summed E-state index contributed by atoms with van der Waals surface area (Å²) in [4.78, 5) is 35.1. The van der Waals surface area contributed by atoms with Crippen LogP contribution in [0.15, 0.2) is 146 Å². The second-order valence-corrected chi connectivity index (χ2v) is 18.1. The summed E-state index contributed by atoms with van der Waals surface area (Å²) in [5.41, 5.74) is 5.37. The molecule has 0 spiro atoms. The van der Waals surface area contributed by atoms with Crippen molar-refractivity contribution in [3.63, 3.8) is 0 Å². The van der Waals surface area contributed by atoms with Gasteiger partial charge in [0, 0.05) is 19.4 Å². The van der Waals surface area contributed by atoms with E-state index in [0.717, 1.165) is 128 Å². The van der Waals surface area contributed by atoms with Crippen molar-refractivity contribution in [1.29, 1.82) is 0 Å². The summed E-state index contributed by atoms with van der Waals surface area (Å²) in [6.07, 6.45) is 76.0. The SMILES string of the molecule is CC/C=C\C/C=C\C/C=C\C/C=C\C/C=C\C/C=C\C/C=C\CCCCCCCCCC(=O)OC(COC(=O)CCCCC/C=C\C/C=C\C/C=C\C/C=C\C/C=C\CC)COP(=O)(O)OCCN. The number of phosphoric acid groups is 1. The first-order valence-corrected chi connectivity index (χ1v) is 27.8. The topological polar surface area (TPSA) is 134 Å². The summed E-state index contributed by atoms with van der Waals surface area (Å²) in [7, 11) is -4.41. The van der Waals surface area contributed by atoms with Gasteiger partial charge in [0.25, 0.3) is 0 Å². The number of esters is 2. The molecule has 0 aliphatic rings. The van der Waals surface area contributed by atoms with Gasteiger partial charge in [-0.05, 0) is 116 Å². The lowest BCUT2D eigenvalue weighted by Gasteiger charge is -2.19. The van der Waals surface area contributed by atoms with Gasteiger partial charge in [-0.1, -0.05) is 198 Å². The van der Waals surface area contributed by atoms with E-state index in [1.165, 1.54) is 12.8 Å². The summed E-state index contributed by atoms with van der Waals surface area (Å²) in [5, 5.41) is 0. The van der Waals surface area contributed by atoms with E-state index in [0.29, 0.717) is 12.8 Å². The molecule has 0 aromatic rings. The molecule has 3 N–H and O–H groups in total. The van der Waals surface area contributed by atoms with Crippen LogP contribution in [0.1, 0.15) is 181 Å². The molecular formula is C59H94NO8P. The van der Waals surface area contributed by atoms with Crippen LogP contribution in [0.3, 0.4) is 0 Å². The van der Waals surface area contributed by atoms with E-state index in [9.17, 15) is 19.0 Å². The summed E-state index contributed by atoms with van der Waals surface area (Å²) in [6, 6.07) is 0. The molecule has 0 aliphatic heterocycles. The van der Waals surface area contributed by atoms with E-state index in [1.54, 1.807) is 0 Å². The molecule has 0 bridgehead atoms. The average molecular weight is 976 g/mol. The van der Waals surface area contributed by atoms with Gasteiger partial charge < -0.3 is 20.1 Å². The van der Waals surface area contributed by atoms with Gasteiger partial charge in [-0.2, -0.15) is 0 Å². The highest BCUT2D eigenvalue weighted by Crippen LogP contribution is 2.43. The Balaban J connectivity index is 4.16. The third-order valence-electron chi connectivity index (χ3n) is 10.2. The number of carbonyl (C=O) groups excluding carboxylic acids is 2. The number of allylic oxidation sites excluding steroid dienone is 24. The molecular weight excluding hydrogens is 882 g/mol. The maximum atomic E-state index is 12.7. The van der Waals surface area contributed by atoms with Crippen LogP contribution in [-0.2, 0) is 32.7 Å². The highest BCUT2D eigenvalue weighted by molar-refractivity contribution is 7.47. The van der Waals surface area contributed by atoms with Crippen LogP contribution in [-0.4, -0.2) is 49.3 Å².